The van der Waals surface area contributed by atoms with E-state index in [4.69, 9.17) is 0 Å². The van der Waals surface area contributed by atoms with E-state index >= 15 is 0 Å². The predicted molar refractivity (Wildman–Crippen MR) is 103 cm³/mol. The molecule has 0 aliphatic heterocycles. The summed E-state index contributed by atoms with van der Waals surface area (Å²) in [6, 6.07) is 4.64. The first-order valence-electron chi connectivity index (χ1n) is 7.65. The highest BCUT2D eigenvalue weighted by Gasteiger charge is 2.31. The van der Waals surface area contributed by atoms with Gasteiger partial charge in [0.05, 0.1) is 4.88 Å². The molecule has 1 aliphatic carbocycles. The summed E-state index contributed by atoms with van der Waals surface area (Å²) in [5.74, 6) is 0.958. The van der Waals surface area contributed by atoms with Crippen molar-refractivity contribution in [2.24, 2.45) is 0 Å². The summed E-state index contributed by atoms with van der Waals surface area (Å²) in [6.07, 6.45) is 5.96. The SMILES string of the molecule is CSc1nc2ncnc(Sc3nnc(-c4cccs4)n3C3CC3)c2s1. The number of aromatic nitrogens is 6. The van der Waals surface area contributed by atoms with Crippen LogP contribution in [0.5, 0.6) is 0 Å². The Hall–Kier alpha value is -1.49. The first-order chi connectivity index (χ1) is 12.3. The first kappa shape index (κ1) is 15.7. The van der Waals surface area contributed by atoms with Crippen molar-refractivity contribution in [1.29, 1.82) is 0 Å². The van der Waals surface area contributed by atoms with Crippen molar-refractivity contribution in [2.45, 2.75) is 33.4 Å². The molecule has 0 atom stereocenters. The van der Waals surface area contributed by atoms with Gasteiger partial charge in [0.2, 0.25) is 0 Å². The van der Waals surface area contributed by atoms with Crippen molar-refractivity contribution >= 4 is 56.5 Å². The van der Waals surface area contributed by atoms with Crippen LogP contribution in [-0.2, 0) is 0 Å². The molecular formula is C15H12N6S4. The normalized spacial score (nSPS) is 14.4. The summed E-state index contributed by atoms with van der Waals surface area (Å²) in [5, 5.41) is 12.8. The molecule has 0 spiro atoms. The molecule has 0 aromatic carbocycles. The van der Waals surface area contributed by atoms with Crippen LogP contribution in [0.2, 0.25) is 0 Å². The van der Waals surface area contributed by atoms with Crippen LogP contribution in [0.15, 0.2) is 38.4 Å². The first-order valence-corrected chi connectivity index (χ1v) is 11.4. The Morgan fingerprint density at radius 1 is 1.24 bits per heavy atom. The standard InChI is InChI=1S/C15H12N6S4/c1-22-15-18-11-10(24-15)13(17-7-16-11)25-14-20-19-12(9-3-2-6-23-9)21(14)8-4-5-8/h2-3,6-8H,4-5H2,1H3. The minimum absolute atomic E-state index is 0.496. The monoisotopic (exact) mass is 404 g/mol. The van der Waals surface area contributed by atoms with E-state index in [9.17, 15) is 0 Å². The number of hydrogen-bond acceptors (Lipinski definition) is 9. The number of rotatable bonds is 5. The third kappa shape index (κ3) is 2.86. The lowest BCUT2D eigenvalue weighted by Crippen LogP contribution is -1.99. The van der Waals surface area contributed by atoms with Gasteiger partial charge in [-0.15, -0.1) is 32.9 Å². The fraction of sp³-hybridized carbons (Fsp3) is 0.267. The van der Waals surface area contributed by atoms with E-state index < -0.39 is 0 Å². The minimum Gasteiger partial charge on any atom is -0.298 e. The Morgan fingerprint density at radius 3 is 2.92 bits per heavy atom. The van der Waals surface area contributed by atoms with E-state index in [1.807, 2.05) is 12.3 Å². The van der Waals surface area contributed by atoms with Crippen LogP contribution in [0.1, 0.15) is 18.9 Å². The summed E-state index contributed by atoms with van der Waals surface area (Å²) >= 11 is 6.51. The molecular weight excluding hydrogens is 392 g/mol. The molecule has 4 aromatic rings. The molecule has 0 radical (unpaired) electrons. The second-order valence-electron chi connectivity index (χ2n) is 5.50. The zero-order valence-corrected chi connectivity index (χ0v) is 16.4. The lowest BCUT2D eigenvalue weighted by atomic mass is 10.4. The van der Waals surface area contributed by atoms with Crippen molar-refractivity contribution < 1.29 is 0 Å². The van der Waals surface area contributed by atoms with Crippen molar-refractivity contribution in [3.05, 3.63) is 23.8 Å². The Morgan fingerprint density at radius 2 is 2.16 bits per heavy atom. The molecule has 6 nitrogen and oxygen atoms in total. The van der Waals surface area contributed by atoms with Gasteiger partial charge >= 0.3 is 0 Å². The van der Waals surface area contributed by atoms with Crippen LogP contribution in [0, 0.1) is 0 Å². The molecule has 0 N–H and O–H groups in total. The van der Waals surface area contributed by atoms with Crippen LogP contribution in [0.4, 0.5) is 0 Å². The fourth-order valence-electron chi connectivity index (χ4n) is 2.54. The molecule has 0 unspecified atom stereocenters. The lowest BCUT2D eigenvalue weighted by molar-refractivity contribution is 0.669. The Bertz CT molecular complexity index is 1030. The molecule has 5 rings (SSSR count). The number of hydrogen-bond donors (Lipinski definition) is 0. The maximum absolute atomic E-state index is 4.53. The van der Waals surface area contributed by atoms with Gasteiger partial charge in [-0.1, -0.05) is 17.8 Å². The summed E-state index contributed by atoms with van der Waals surface area (Å²) in [6.45, 7) is 0. The second kappa shape index (κ2) is 6.35. The fourth-order valence-corrected chi connectivity index (χ4v) is 5.77. The van der Waals surface area contributed by atoms with Gasteiger partial charge in [0.15, 0.2) is 21.0 Å². The van der Waals surface area contributed by atoms with Crippen molar-refractivity contribution in [2.75, 3.05) is 6.26 Å². The van der Waals surface area contributed by atoms with Crippen LogP contribution < -0.4 is 0 Å². The molecule has 4 heterocycles. The molecule has 4 aromatic heterocycles. The molecule has 126 valence electrons. The van der Waals surface area contributed by atoms with Crippen LogP contribution in [-0.4, -0.2) is 36.0 Å². The molecule has 25 heavy (non-hydrogen) atoms. The number of nitrogens with zero attached hydrogens (tertiary/aromatic N) is 6. The molecule has 0 amide bonds. The van der Waals surface area contributed by atoms with E-state index in [0.717, 1.165) is 35.6 Å². The van der Waals surface area contributed by atoms with Gasteiger partial charge in [0.25, 0.3) is 0 Å². The van der Waals surface area contributed by atoms with Crippen molar-refractivity contribution in [1.82, 2.24) is 29.7 Å². The molecule has 1 fully saturated rings. The maximum Gasteiger partial charge on any atom is 0.198 e. The molecule has 0 saturated heterocycles. The van der Waals surface area contributed by atoms with Crippen molar-refractivity contribution in [3.8, 4) is 10.7 Å². The minimum atomic E-state index is 0.496. The quantitative estimate of drug-likeness (QED) is 0.355. The van der Waals surface area contributed by atoms with E-state index in [1.165, 1.54) is 12.8 Å². The third-order valence-corrected chi connectivity index (χ3v) is 7.81. The van der Waals surface area contributed by atoms with E-state index in [-0.39, 0.29) is 0 Å². The third-order valence-electron chi connectivity index (χ3n) is 3.82. The number of thiazole rings is 1. The van der Waals surface area contributed by atoms with Gasteiger partial charge in [-0.3, -0.25) is 4.57 Å². The molecule has 1 saturated carbocycles. The molecule has 1 aliphatic rings. The van der Waals surface area contributed by atoms with Gasteiger partial charge < -0.3 is 0 Å². The number of thioether (sulfide) groups is 1. The highest BCUT2D eigenvalue weighted by atomic mass is 32.2. The predicted octanol–water partition coefficient (Wildman–Crippen LogP) is 4.61. The van der Waals surface area contributed by atoms with Gasteiger partial charge in [-0.05, 0) is 42.3 Å². The van der Waals surface area contributed by atoms with Gasteiger partial charge in [0, 0.05) is 6.04 Å². The topological polar surface area (TPSA) is 69.4 Å². The highest BCUT2D eigenvalue weighted by Crippen LogP contribution is 2.44. The van der Waals surface area contributed by atoms with Crippen LogP contribution in [0.3, 0.4) is 0 Å². The Labute approximate surface area is 160 Å². The smallest absolute Gasteiger partial charge is 0.198 e. The molecule has 0 bridgehead atoms. The average Bonchev–Trinajstić information content (AvgIpc) is 3.06. The number of thiophene rings is 1. The average molecular weight is 405 g/mol. The highest BCUT2D eigenvalue weighted by molar-refractivity contribution is 8.00. The van der Waals surface area contributed by atoms with Crippen molar-refractivity contribution in [3.63, 3.8) is 0 Å². The summed E-state index contributed by atoms with van der Waals surface area (Å²) in [7, 11) is 0. The van der Waals surface area contributed by atoms with Gasteiger partial charge in [-0.2, -0.15) is 0 Å². The van der Waals surface area contributed by atoms with Crippen LogP contribution in [0.25, 0.3) is 21.0 Å². The lowest BCUT2D eigenvalue weighted by Gasteiger charge is -2.07. The summed E-state index contributed by atoms with van der Waals surface area (Å²) in [5.41, 5.74) is 0.753. The summed E-state index contributed by atoms with van der Waals surface area (Å²) in [4.78, 5) is 14.4. The second-order valence-corrected chi connectivity index (χ2v) is 9.46. The zero-order valence-electron chi connectivity index (χ0n) is 13.1. The number of fused-ring (bicyclic) bond motifs is 1. The molecule has 10 heteroatoms. The largest absolute Gasteiger partial charge is 0.298 e. The van der Waals surface area contributed by atoms with E-state index in [1.54, 1.807) is 52.5 Å². The zero-order chi connectivity index (χ0) is 16.8. The van der Waals surface area contributed by atoms with E-state index in [2.05, 4.69) is 41.2 Å². The van der Waals surface area contributed by atoms with Gasteiger partial charge in [0.1, 0.15) is 16.1 Å². The van der Waals surface area contributed by atoms with Crippen LogP contribution >= 0.6 is 46.2 Å². The van der Waals surface area contributed by atoms with E-state index in [0.29, 0.717) is 6.04 Å². The van der Waals surface area contributed by atoms with Gasteiger partial charge in [-0.25, -0.2) is 15.0 Å². The maximum atomic E-state index is 4.53. The Kier molecular flexibility index (Phi) is 4.00. The summed E-state index contributed by atoms with van der Waals surface area (Å²) < 4.78 is 4.28. The Balaban J connectivity index is 1.58.